The number of hydrogen-bond acceptors (Lipinski definition) is 6. The molecule has 3 rings (SSSR count). The molecule has 0 spiro atoms. The second-order valence-electron chi connectivity index (χ2n) is 8.25. The summed E-state index contributed by atoms with van der Waals surface area (Å²) in [5, 5.41) is 0. The first-order valence-electron chi connectivity index (χ1n) is 10.5. The van der Waals surface area contributed by atoms with Crippen molar-refractivity contribution in [1.29, 1.82) is 0 Å². The number of rotatable bonds is 8. The second kappa shape index (κ2) is 9.76. The molecule has 0 bridgehead atoms. The summed E-state index contributed by atoms with van der Waals surface area (Å²) >= 11 is 0. The zero-order chi connectivity index (χ0) is 22.5. The lowest BCUT2D eigenvalue weighted by Gasteiger charge is -2.20. The maximum atomic E-state index is 12.6. The number of hydrogen-bond donors (Lipinski definition) is 0. The van der Waals surface area contributed by atoms with E-state index in [2.05, 4.69) is 9.97 Å². The van der Waals surface area contributed by atoms with Gasteiger partial charge in [-0.2, -0.15) is 0 Å². The first-order valence-corrected chi connectivity index (χ1v) is 10.5. The molecule has 1 aromatic carbocycles. The minimum absolute atomic E-state index is 0.0373. The smallest absolute Gasteiger partial charge is 0.226 e. The fourth-order valence-corrected chi connectivity index (χ4v) is 3.53. The van der Waals surface area contributed by atoms with Crippen LogP contribution < -0.4 is 9.64 Å². The Morgan fingerprint density at radius 3 is 2.61 bits per heavy atom. The van der Waals surface area contributed by atoms with Gasteiger partial charge < -0.3 is 19.4 Å². The largest absolute Gasteiger partial charge is 0.493 e. The quantitative estimate of drug-likeness (QED) is 0.645. The van der Waals surface area contributed by atoms with E-state index in [0.29, 0.717) is 31.9 Å². The highest BCUT2D eigenvalue weighted by Crippen LogP contribution is 2.27. The van der Waals surface area contributed by atoms with E-state index in [1.807, 2.05) is 63.3 Å². The van der Waals surface area contributed by atoms with Gasteiger partial charge in [0.25, 0.3) is 0 Å². The summed E-state index contributed by atoms with van der Waals surface area (Å²) in [6.45, 7) is 3.24. The maximum Gasteiger partial charge on any atom is 0.226 e. The van der Waals surface area contributed by atoms with Crippen molar-refractivity contribution in [3.05, 3.63) is 47.4 Å². The molecular weight excluding hydrogens is 394 g/mol. The van der Waals surface area contributed by atoms with Gasteiger partial charge in [-0.3, -0.25) is 9.59 Å². The Bertz CT molecular complexity index is 947. The van der Waals surface area contributed by atoms with E-state index in [9.17, 15) is 9.59 Å². The van der Waals surface area contributed by atoms with Gasteiger partial charge in [0, 0.05) is 53.1 Å². The summed E-state index contributed by atoms with van der Waals surface area (Å²) in [6.07, 6.45) is 0.720. The van der Waals surface area contributed by atoms with Crippen molar-refractivity contribution in [2.45, 2.75) is 32.2 Å². The van der Waals surface area contributed by atoms with Gasteiger partial charge in [0.05, 0.1) is 25.3 Å². The van der Waals surface area contributed by atoms with Gasteiger partial charge in [-0.25, -0.2) is 9.97 Å². The van der Waals surface area contributed by atoms with E-state index in [0.717, 1.165) is 22.8 Å². The molecule has 0 radical (unpaired) electrons. The molecule has 2 heterocycles. The number of aryl methyl sites for hydroxylation is 1. The predicted octanol–water partition coefficient (Wildman–Crippen LogP) is 2.22. The standard InChI is InChI=1S/C23H31N5O3/c1-16-8-6-7-9-19(16)31-11-10-22(29)28(5)15-20-24-18(13-21(25-20)26(2)3)17-12-23(30)27(4)14-17/h6-9,13,17H,10-12,14-15H2,1-5H3/t17-/m0/s1. The summed E-state index contributed by atoms with van der Waals surface area (Å²) in [4.78, 5) is 39.1. The van der Waals surface area contributed by atoms with Crippen molar-refractivity contribution < 1.29 is 14.3 Å². The zero-order valence-corrected chi connectivity index (χ0v) is 19.0. The molecule has 2 aromatic rings. The number of anilines is 1. The number of ether oxygens (including phenoxy) is 1. The fourth-order valence-electron chi connectivity index (χ4n) is 3.53. The van der Waals surface area contributed by atoms with Gasteiger partial charge in [0.2, 0.25) is 11.8 Å². The first kappa shape index (κ1) is 22.5. The first-order chi connectivity index (χ1) is 14.7. The number of benzene rings is 1. The Kier molecular flexibility index (Phi) is 7.09. The minimum Gasteiger partial charge on any atom is -0.493 e. The van der Waals surface area contributed by atoms with Gasteiger partial charge in [-0.15, -0.1) is 0 Å². The summed E-state index contributed by atoms with van der Waals surface area (Å²) in [7, 11) is 7.39. The lowest BCUT2D eigenvalue weighted by Crippen LogP contribution is -2.29. The average Bonchev–Trinajstić information content (AvgIpc) is 3.07. The lowest BCUT2D eigenvalue weighted by molar-refractivity contribution is -0.131. The van der Waals surface area contributed by atoms with Crippen molar-refractivity contribution in [2.75, 3.05) is 46.2 Å². The number of aromatic nitrogens is 2. The van der Waals surface area contributed by atoms with E-state index in [4.69, 9.17) is 4.74 Å². The van der Waals surface area contributed by atoms with Gasteiger partial charge in [0.15, 0.2) is 0 Å². The van der Waals surface area contributed by atoms with Crippen molar-refractivity contribution in [1.82, 2.24) is 19.8 Å². The Hall–Kier alpha value is -3.16. The number of amides is 2. The molecule has 0 aliphatic carbocycles. The molecule has 1 fully saturated rings. The SMILES string of the molecule is Cc1ccccc1OCCC(=O)N(C)Cc1nc([C@H]2CC(=O)N(C)C2)cc(N(C)C)n1. The Balaban J connectivity index is 1.64. The van der Waals surface area contributed by atoms with Crippen LogP contribution in [-0.4, -0.2) is 72.9 Å². The van der Waals surface area contributed by atoms with E-state index in [1.54, 1.807) is 16.8 Å². The second-order valence-corrected chi connectivity index (χ2v) is 8.25. The summed E-state index contributed by atoms with van der Waals surface area (Å²) in [5.41, 5.74) is 1.89. The van der Waals surface area contributed by atoms with Crippen LogP contribution in [0.25, 0.3) is 0 Å². The Labute approximate surface area is 183 Å². The highest BCUT2D eigenvalue weighted by molar-refractivity contribution is 5.79. The van der Waals surface area contributed by atoms with Gasteiger partial charge in [-0.05, 0) is 18.6 Å². The van der Waals surface area contributed by atoms with Crippen LogP contribution in [0.1, 0.15) is 35.8 Å². The number of nitrogens with zero attached hydrogens (tertiary/aromatic N) is 5. The molecule has 8 heteroatoms. The molecule has 1 atom stereocenters. The minimum atomic E-state index is -0.0373. The molecule has 1 aliphatic heterocycles. The summed E-state index contributed by atoms with van der Waals surface area (Å²) < 4.78 is 5.74. The Morgan fingerprint density at radius 1 is 1.23 bits per heavy atom. The van der Waals surface area contributed by atoms with Crippen molar-refractivity contribution in [3.8, 4) is 5.75 Å². The van der Waals surface area contributed by atoms with Crippen LogP contribution in [0.5, 0.6) is 5.75 Å². The number of para-hydroxylation sites is 1. The van der Waals surface area contributed by atoms with Gasteiger partial charge >= 0.3 is 0 Å². The molecule has 166 valence electrons. The zero-order valence-electron chi connectivity index (χ0n) is 19.0. The molecule has 0 unspecified atom stereocenters. The van der Waals surface area contributed by atoms with Crippen LogP contribution >= 0.6 is 0 Å². The number of carbonyl (C=O) groups is 2. The number of likely N-dealkylation sites (tertiary alicyclic amines) is 1. The number of likely N-dealkylation sites (N-methyl/N-ethyl adjacent to an activating group) is 1. The van der Waals surface area contributed by atoms with Gasteiger partial charge in [0.1, 0.15) is 17.4 Å². The van der Waals surface area contributed by atoms with Crippen LogP contribution in [0.2, 0.25) is 0 Å². The normalized spacial score (nSPS) is 15.8. The van der Waals surface area contributed by atoms with Crippen LogP contribution in [0.4, 0.5) is 5.82 Å². The van der Waals surface area contributed by atoms with Crippen LogP contribution in [0, 0.1) is 6.92 Å². The average molecular weight is 426 g/mol. The molecule has 1 saturated heterocycles. The molecule has 0 saturated carbocycles. The Morgan fingerprint density at radius 2 is 1.97 bits per heavy atom. The van der Waals surface area contributed by atoms with Crippen molar-refractivity contribution >= 4 is 17.6 Å². The van der Waals surface area contributed by atoms with Crippen molar-refractivity contribution in [3.63, 3.8) is 0 Å². The van der Waals surface area contributed by atoms with E-state index in [1.165, 1.54) is 0 Å². The molecule has 1 aliphatic rings. The van der Waals surface area contributed by atoms with Crippen LogP contribution in [-0.2, 0) is 16.1 Å². The molecule has 31 heavy (non-hydrogen) atoms. The maximum absolute atomic E-state index is 12.6. The van der Waals surface area contributed by atoms with Crippen LogP contribution in [0.3, 0.4) is 0 Å². The summed E-state index contributed by atoms with van der Waals surface area (Å²) in [5.74, 6) is 2.26. The monoisotopic (exact) mass is 425 g/mol. The topological polar surface area (TPSA) is 78.9 Å². The highest BCUT2D eigenvalue weighted by Gasteiger charge is 2.30. The molecule has 0 N–H and O–H groups in total. The van der Waals surface area contributed by atoms with E-state index >= 15 is 0 Å². The molecule has 1 aromatic heterocycles. The molecule has 8 nitrogen and oxygen atoms in total. The fraction of sp³-hybridized carbons (Fsp3) is 0.478. The van der Waals surface area contributed by atoms with Crippen LogP contribution in [0.15, 0.2) is 30.3 Å². The van der Waals surface area contributed by atoms with E-state index in [-0.39, 0.29) is 24.2 Å². The molecule has 2 amide bonds. The van der Waals surface area contributed by atoms with Crippen molar-refractivity contribution in [2.24, 2.45) is 0 Å². The number of carbonyl (C=O) groups excluding carboxylic acids is 2. The third-order valence-electron chi connectivity index (χ3n) is 5.47. The lowest BCUT2D eigenvalue weighted by atomic mass is 10.0. The third kappa shape index (κ3) is 5.71. The predicted molar refractivity (Wildman–Crippen MR) is 119 cm³/mol. The molecular formula is C23H31N5O3. The van der Waals surface area contributed by atoms with Gasteiger partial charge in [-0.1, -0.05) is 18.2 Å². The highest BCUT2D eigenvalue weighted by atomic mass is 16.5. The van der Waals surface area contributed by atoms with E-state index < -0.39 is 0 Å². The third-order valence-corrected chi connectivity index (χ3v) is 5.47. The summed E-state index contributed by atoms with van der Waals surface area (Å²) in [6, 6.07) is 9.68.